The molecule has 1 aliphatic rings. The Morgan fingerprint density at radius 1 is 1.26 bits per heavy atom. The third-order valence-corrected chi connectivity index (χ3v) is 4.87. The van der Waals surface area contributed by atoms with E-state index in [1.54, 1.807) is 6.20 Å². The molecule has 1 aromatic carbocycles. The van der Waals surface area contributed by atoms with E-state index in [0.717, 1.165) is 42.2 Å². The number of nitrogens with one attached hydrogen (secondary N) is 4. The maximum absolute atomic E-state index is 10.6. The maximum atomic E-state index is 10.6. The van der Waals surface area contributed by atoms with Crippen molar-refractivity contribution in [3.63, 3.8) is 0 Å². The predicted octanol–water partition coefficient (Wildman–Crippen LogP) is 4.48. The average molecular weight is 429 g/mol. The number of imidazole rings is 1. The number of aromatic amines is 2. The van der Waals surface area contributed by atoms with Crippen LogP contribution >= 0.6 is 0 Å². The lowest BCUT2D eigenvalue weighted by Gasteiger charge is -2.04. The summed E-state index contributed by atoms with van der Waals surface area (Å²) in [7, 11) is 0. The molecule has 1 aliphatic carbocycles. The molecular formula is C23H36N6O2. The quantitative estimate of drug-likeness (QED) is 0.281. The highest BCUT2D eigenvalue weighted by atomic mass is 16.5. The van der Waals surface area contributed by atoms with Crippen molar-refractivity contribution in [2.24, 2.45) is 5.92 Å². The Hall–Kier alpha value is -2.71. The van der Waals surface area contributed by atoms with E-state index in [-0.39, 0.29) is 0 Å². The molecule has 8 nitrogen and oxygen atoms in total. The Kier molecular flexibility index (Phi) is 10.7. The summed E-state index contributed by atoms with van der Waals surface area (Å²) in [6.07, 6.45) is 6.60. The first-order valence-corrected chi connectivity index (χ1v) is 11.3. The number of nitrogens with zero attached hydrogens (tertiary/aromatic N) is 2. The largest absolute Gasteiger partial charge is 0.380 e. The van der Waals surface area contributed by atoms with Crippen LogP contribution in [0.25, 0.3) is 22.6 Å². The van der Waals surface area contributed by atoms with E-state index in [0.29, 0.717) is 30.2 Å². The third-order valence-electron chi connectivity index (χ3n) is 4.87. The molecule has 1 amide bonds. The highest BCUT2D eigenvalue weighted by Crippen LogP contribution is 2.31. The van der Waals surface area contributed by atoms with E-state index in [1.807, 2.05) is 32.9 Å². The Morgan fingerprint density at radius 3 is 2.71 bits per heavy atom. The summed E-state index contributed by atoms with van der Waals surface area (Å²) in [5, 5.41) is 12.7. The number of carbonyl (C=O) groups is 1. The molecule has 31 heavy (non-hydrogen) atoms. The molecule has 8 heteroatoms. The molecule has 0 radical (unpaired) electrons. The summed E-state index contributed by atoms with van der Waals surface area (Å²) < 4.78 is 5.30. The van der Waals surface area contributed by atoms with Crippen molar-refractivity contribution >= 4 is 23.1 Å². The summed E-state index contributed by atoms with van der Waals surface area (Å²) in [5.41, 5.74) is 4.18. The van der Waals surface area contributed by atoms with Crippen molar-refractivity contribution < 1.29 is 9.53 Å². The number of fused-ring (bicyclic) bond motifs is 1. The first kappa shape index (κ1) is 24.6. The second kappa shape index (κ2) is 13.6. The van der Waals surface area contributed by atoms with Gasteiger partial charge < -0.3 is 20.4 Å². The molecule has 4 rings (SSSR count). The topological polar surface area (TPSA) is 108 Å². The number of hydrogen-bond donors (Lipinski definition) is 4. The minimum atomic E-state index is 0.585. The smallest absolute Gasteiger partial charge is 0.211 e. The number of rotatable bonds is 10. The number of hydrogen-bond acceptors (Lipinski definition) is 5. The van der Waals surface area contributed by atoms with Crippen LogP contribution in [-0.2, 0) is 16.1 Å². The van der Waals surface area contributed by atoms with Gasteiger partial charge in [0.2, 0.25) is 6.41 Å². The van der Waals surface area contributed by atoms with Gasteiger partial charge in [-0.05, 0) is 30.5 Å². The molecule has 0 spiro atoms. The van der Waals surface area contributed by atoms with Gasteiger partial charge in [-0.2, -0.15) is 5.10 Å². The molecule has 0 bridgehead atoms. The SMILES string of the molecule is CC.CCC1CC1.CCOCCNCc1ccc2nc(-c3[nH]ncc3NC=O)[nH]c2c1. The lowest BCUT2D eigenvalue weighted by atomic mass is 10.2. The molecule has 0 aliphatic heterocycles. The van der Waals surface area contributed by atoms with E-state index in [4.69, 9.17) is 4.74 Å². The second-order valence-electron chi connectivity index (χ2n) is 7.08. The average Bonchev–Trinajstić information content (AvgIpc) is 3.38. The summed E-state index contributed by atoms with van der Waals surface area (Å²) in [6.45, 7) is 11.3. The van der Waals surface area contributed by atoms with Crippen molar-refractivity contribution in [3.8, 4) is 11.5 Å². The Balaban J connectivity index is 0.000000420. The number of carbonyl (C=O) groups excluding carboxylic acids is 1. The maximum Gasteiger partial charge on any atom is 0.211 e. The number of amides is 1. The van der Waals surface area contributed by atoms with Crippen LogP contribution in [0.3, 0.4) is 0 Å². The van der Waals surface area contributed by atoms with Gasteiger partial charge in [-0.3, -0.25) is 9.89 Å². The zero-order valence-corrected chi connectivity index (χ0v) is 19.1. The van der Waals surface area contributed by atoms with Crippen LogP contribution in [0.2, 0.25) is 0 Å². The van der Waals surface area contributed by atoms with Gasteiger partial charge in [-0.1, -0.05) is 46.1 Å². The van der Waals surface area contributed by atoms with Crippen LogP contribution < -0.4 is 10.6 Å². The predicted molar refractivity (Wildman–Crippen MR) is 126 cm³/mol. The minimum absolute atomic E-state index is 0.585. The van der Waals surface area contributed by atoms with Crippen LogP contribution in [0.4, 0.5) is 5.69 Å². The fourth-order valence-electron chi connectivity index (χ4n) is 2.97. The summed E-state index contributed by atoms with van der Waals surface area (Å²) >= 11 is 0. The van der Waals surface area contributed by atoms with Crippen molar-refractivity contribution in [2.75, 3.05) is 25.1 Å². The van der Waals surface area contributed by atoms with Crippen LogP contribution in [-0.4, -0.2) is 46.3 Å². The summed E-state index contributed by atoms with van der Waals surface area (Å²) in [5.74, 6) is 1.77. The van der Waals surface area contributed by atoms with Gasteiger partial charge in [0.1, 0.15) is 5.69 Å². The van der Waals surface area contributed by atoms with E-state index < -0.39 is 0 Å². The first-order chi connectivity index (χ1) is 15.2. The Morgan fingerprint density at radius 2 is 2.06 bits per heavy atom. The van der Waals surface area contributed by atoms with Crippen molar-refractivity contribution in [1.29, 1.82) is 0 Å². The first-order valence-electron chi connectivity index (χ1n) is 11.3. The van der Waals surface area contributed by atoms with Crippen LogP contribution in [0.5, 0.6) is 0 Å². The summed E-state index contributed by atoms with van der Waals surface area (Å²) in [6, 6.07) is 6.07. The molecule has 0 atom stereocenters. The Bertz CT molecular complexity index is 900. The molecule has 0 saturated heterocycles. The monoisotopic (exact) mass is 428 g/mol. The second-order valence-corrected chi connectivity index (χ2v) is 7.08. The number of ether oxygens (including phenoxy) is 1. The van der Waals surface area contributed by atoms with Gasteiger partial charge in [-0.25, -0.2) is 4.98 Å². The van der Waals surface area contributed by atoms with Gasteiger partial charge in [0, 0.05) is 19.7 Å². The zero-order chi connectivity index (χ0) is 22.5. The number of H-pyrrole nitrogens is 2. The molecule has 2 aromatic heterocycles. The lowest BCUT2D eigenvalue weighted by molar-refractivity contribution is -0.105. The van der Waals surface area contributed by atoms with E-state index in [1.165, 1.54) is 19.3 Å². The fraction of sp³-hybridized carbons (Fsp3) is 0.522. The molecule has 2 heterocycles. The van der Waals surface area contributed by atoms with Crippen LogP contribution in [0, 0.1) is 5.92 Å². The summed E-state index contributed by atoms with van der Waals surface area (Å²) in [4.78, 5) is 18.4. The van der Waals surface area contributed by atoms with Crippen molar-refractivity contribution in [1.82, 2.24) is 25.5 Å². The van der Waals surface area contributed by atoms with E-state index in [9.17, 15) is 4.79 Å². The standard InChI is InChI=1S/C16H20N6O2.C5H10.C2H6/c1-2-24-6-5-17-8-11-3-4-12-13(7-11)21-16(20-12)15-14(18-10-23)9-19-22-15;1-2-5-3-4-5;1-2/h3-4,7,9-10,17H,2,5-6,8H2,1H3,(H,18,23)(H,19,22)(H,20,21);5H,2-4H2,1H3;1-2H3. The lowest BCUT2D eigenvalue weighted by Crippen LogP contribution is -2.19. The Labute approximate surface area is 184 Å². The normalized spacial score (nSPS) is 12.5. The van der Waals surface area contributed by atoms with E-state index in [2.05, 4.69) is 43.8 Å². The van der Waals surface area contributed by atoms with Crippen LogP contribution in [0.1, 0.15) is 52.5 Å². The van der Waals surface area contributed by atoms with Gasteiger partial charge in [-0.15, -0.1) is 0 Å². The molecular weight excluding hydrogens is 392 g/mol. The number of benzene rings is 1. The van der Waals surface area contributed by atoms with Crippen LogP contribution in [0.15, 0.2) is 24.4 Å². The van der Waals surface area contributed by atoms with Gasteiger partial charge >= 0.3 is 0 Å². The molecule has 170 valence electrons. The molecule has 1 fully saturated rings. The van der Waals surface area contributed by atoms with Crippen molar-refractivity contribution in [3.05, 3.63) is 30.0 Å². The fourth-order valence-corrected chi connectivity index (χ4v) is 2.97. The van der Waals surface area contributed by atoms with Gasteiger partial charge in [0.15, 0.2) is 5.82 Å². The number of aromatic nitrogens is 4. The minimum Gasteiger partial charge on any atom is -0.380 e. The molecule has 4 N–H and O–H groups in total. The number of anilines is 1. The van der Waals surface area contributed by atoms with Gasteiger partial charge in [0.05, 0.1) is 29.5 Å². The molecule has 1 saturated carbocycles. The molecule has 3 aromatic rings. The van der Waals surface area contributed by atoms with E-state index >= 15 is 0 Å². The third kappa shape index (κ3) is 7.80. The highest BCUT2D eigenvalue weighted by Gasteiger charge is 2.17. The zero-order valence-electron chi connectivity index (χ0n) is 19.1. The van der Waals surface area contributed by atoms with Crippen molar-refractivity contribution in [2.45, 2.75) is 53.5 Å². The highest BCUT2D eigenvalue weighted by molar-refractivity contribution is 5.85. The van der Waals surface area contributed by atoms with Gasteiger partial charge in [0.25, 0.3) is 0 Å². The molecule has 0 unspecified atom stereocenters.